The summed E-state index contributed by atoms with van der Waals surface area (Å²) < 4.78 is 16.0. The van der Waals surface area contributed by atoms with Crippen molar-refractivity contribution >= 4 is 40.8 Å². The number of hydrogen-bond donors (Lipinski definition) is 0. The van der Waals surface area contributed by atoms with Crippen LogP contribution in [0.2, 0.25) is 0 Å². The van der Waals surface area contributed by atoms with Gasteiger partial charge in [-0.15, -0.1) is 0 Å². The van der Waals surface area contributed by atoms with E-state index in [1.54, 1.807) is 13.8 Å². The van der Waals surface area contributed by atoms with Crippen molar-refractivity contribution in [1.82, 2.24) is 0 Å². The lowest BCUT2D eigenvalue weighted by Gasteiger charge is -2.09. The number of unbranched alkanes of at least 4 members (excludes halogenated alkanes) is 9. The zero-order valence-electron chi connectivity index (χ0n) is 27.2. The predicted octanol–water partition coefficient (Wildman–Crippen LogP) is 7.57. The molecule has 0 aliphatic carbocycles. The summed E-state index contributed by atoms with van der Waals surface area (Å²) in [5.74, 6) is -0.824. The first-order valence-corrected chi connectivity index (χ1v) is 15.8. The topological polar surface area (TPSA) is 128 Å². The number of nitrogens with zero attached hydrogens (tertiary/aromatic N) is 4. The zero-order chi connectivity index (χ0) is 31.4. The third kappa shape index (κ3) is 24.9. The molecular weight excluding hydrogens is 536 g/mol. The van der Waals surface area contributed by atoms with Gasteiger partial charge in [-0.1, -0.05) is 78.6 Å². The van der Waals surface area contributed by atoms with Crippen LogP contribution in [0, 0.1) is 0 Å². The molecule has 42 heavy (non-hydrogen) atoms. The first-order valence-electron chi connectivity index (χ1n) is 15.8. The number of ether oxygens (including phenoxy) is 3. The monoisotopic (exact) mass is 592 g/mol. The molecule has 0 aromatic rings. The van der Waals surface area contributed by atoms with Gasteiger partial charge in [-0.05, 0) is 40.0 Å². The summed E-state index contributed by atoms with van der Waals surface area (Å²) in [4.78, 5) is 36.1. The van der Waals surface area contributed by atoms with Crippen LogP contribution in [-0.2, 0) is 28.6 Å². The standard InChI is InChI=1S/C32H56N4O6/c1-7-10-13-16-19-30(37)40-23-28(6)35-33-26(4)22-27(5)34-36-29(24-41-31(38)20-17-14-11-8-2)25-42-32(39)21-18-15-12-9-3/h7-25H2,1-6H3/b33-26+,34-27+,35-28+. The minimum atomic E-state index is -0.302. The molecule has 0 N–H and O–H groups in total. The fourth-order valence-electron chi connectivity index (χ4n) is 3.71. The maximum atomic E-state index is 12.1. The van der Waals surface area contributed by atoms with Gasteiger partial charge >= 0.3 is 17.9 Å². The van der Waals surface area contributed by atoms with Crippen LogP contribution in [0.4, 0.5) is 0 Å². The average Bonchev–Trinajstić information content (AvgIpc) is 2.97. The minimum absolute atomic E-state index is 0.0829. The SMILES string of the molecule is CCCCCCC(=O)OCC(COC(=O)CCCCCC)=N/N=C(\C)C/C(C)=N/N=C(\C)COC(=O)CCCCCC. The normalized spacial score (nSPS) is 12.2. The Bertz CT molecular complexity index is 865. The summed E-state index contributed by atoms with van der Waals surface area (Å²) in [6.07, 6.45) is 13.5. The smallest absolute Gasteiger partial charge is 0.306 e. The Labute approximate surface area is 253 Å². The van der Waals surface area contributed by atoms with Crippen molar-refractivity contribution in [2.24, 2.45) is 20.4 Å². The fraction of sp³-hybridized carbons (Fsp3) is 0.781. The van der Waals surface area contributed by atoms with Gasteiger partial charge in [-0.25, -0.2) is 0 Å². The highest BCUT2D eigenvalue weighted by atomic mass is 16.5. The van der Waals surface area contributed by atoms with Gasteiger partial charge in [0.05, 0.1) is 5.71 Å². The zero-order valence-corrected chi connectivity index (χ0v) is 27.2. The van der Waals surface area contributed by atoms with Crippen molar-refractivity contribution in [3.8, 4) is 0 Å². The van der Waals surface area contributed by atoms with Crippen molar-refractivity contribution in [1.29, 1.82) is 0 Å². The Hall–Kier alpha value is -2.91. The van der Waals surface area contributed by atoms with Gasteiger partial charge in [-0.2, -0.15) is 20.4 Å². The van der Waals surface area contributed by atoms with E-state index in [9.17, 15) is 14.4 Å². The van der Waals surface area contributed by atoms with Gasteiger partial charge < -0.3 is 14.2 Å². The number of esters is 3. The van der Waals surface area contributed by atoms with E-state index in [0.29, 0.717) is 48.5 Å². The molecule has 0 saturated heterocycles. The highest BCUT2D eigenvalue weighted by molar-refractivity contribution is 6.03. The van der Waals surface area contributed by atoms with Crippen LogP contribution in [0.3, 0.4) is 0 Å². The lowest BCUT2D eigenvalue weighted by molar-refractivity contribution is -0.143. The van der Waals surface area contributed by atoms with Gasteiger partial charge in [0, 0.05) is 37.1 Å². The second-order valence-corrected chi connectivity index (χ2v) is 10.8. The molecule has 240 valence electrons. The molecule has 0 unspecified atom stereocenters. The molecule has 0 aromatic carbocycles. The van der Waals surface area contributed by atoms with E-state index in [-0.39, 0.29) is 37.7 Å². The van der Waals surface area contributed by atoms with Gasteiger partial charge in [0.2, 0.25) is 0 Å². The van der Waals surface area contributed by atoms with Crippen molar-refractivity contribution in [3.05, 3.63) is 0 Å². The molecule has 0 saturated carbocycles. The van der Waals surface area contributed by atoms with Gasteiger partial charge in [0.25, 0.3) is 0 Å². The van der Waals surface area contributed by atoms with E-state index < -0.39 is 0 Å². The Morgan fingerprint density at radius 1 is 0.452 bits per heavy atom. The van der Waals surface area contributed by atoms with E-state index in [2.05, 4.69) is 41.2 Å². The molecule has 10 heteroatoms. The number of carbonyl (C=O) groups excluding carboxylic acids is 3. The molecule has 0 heterocycles. The summed E-state index contributed by atoms with van der Waals surface area (Å²) >= 11 is 0. The minimum Gasteiger partial charge on any atom is -0.459 e. The van der Waals surface area contributed by atoms with Crippen LogP contribution in [0.1, 0.15) is 144 Å². The van der Waals surface area contributed by atoms with Crippen LogP contribution in [0.25, 0.3) is 0 Å². The van der Waals surface area contributed by atoms with E-state index in [1.807, 2.05) is 6.92 Å². The van der Waals surface area contributed by atoms with Crippen molar-refractivity contribution in [2.45, 2.75) is 144 Å². The van der Waals surface area contributed by atoms with E-state index >= 15 is 0 Å². The van der Waals surface area contributed by atoms with Gasteiger partial charge in [0.1, 0.15) is 25.5 Å². The molecule has 0 radical (unpaired) electrons. The summed E-state index contributed by atoms with van der Waals surface area (Å²) in [6, 6.07) is 0. The highest BCUT2D eigenvalue weighted by Crippen LogP contribution is 2.06. The van der Waals surface area contributed by atoms with E-state index in [0.717, 1.165) is 77.0 Å². The Morgan fingerprint density at radius 3 is 1.21 bits per heavy atom. The van der Waals surface area contributed by atoms with Crippen molar-refractivity contribution in [2.75, 3.05) is 19.8 Å². The number of rotatable bonds is 25. The highest BCUT2D eigenvalue weighted by Gasteiger charge is 2.11. The molecule has 0 aromatic heterocycles. The van der Waals surface area contributed by atoms with Crippen molar-refractivity contribution < 1.29 is 28.6 Å². The molecule has 0 bridgehead atoms. The van der Waals surface area contributed by atoms with E-state index in [1.165, 1.54) is 0 Å². The molecule has 0 aliphatic rings. The molecule has 0 spiro atoms. The van der Waals surface area contributed by atoms with Crippen LogP contribution in [-0.4, -0.2) is 60.6 Å². The molecular formula is C32H56N4O6. The first kappa shape index (κ1) is 39.1. The lowest BCUT2D eigenvalue weighted by atomic mass is 10.1. The lowest BCUT2D eigenvalue weighted by Crippen LogP contribution is -2.21. The summed E-state index contributed by atoms with van der Waals surface area (Å²) in [5, 5.41) is 16.8. The molecule has 0 amide bonds. The fourth-order valence-corrected chi connectivity index (χ4v) is 3.71. The maximum Gasteiger partial charge on any atom is 0.306 e. The largest absolute Gasteiger partial charge is 0.459 e. The van der Waals surface area contributed by atoms with Crippen LogP contribution < -0.4 is 0 Å². The second kappa shape index (κ2) is 27.0. The maximum absolute atomic E-state index is 12.1. The Kier molecular flexibility index (Phi) is 25.1. The molecule has 10 nitrogen and oxygen atoms in total. The summed E-state index contributed by atoms with van der Waals surface area (Å²) in [7, 11) is 0. The predicted molar refractivity (Wildman–Crippen MR) is 171 cm³/mol. The third-order valence-electron chi connectivity index (χ3n) is 6.21. The van der Waals surface area contributed by atoms with Gasteiger partial charge in [-0.3, -0.25) is 14.4 Å². The summed E-state index contributed by atoms with van der Waals surface area (Å²) in [5.41, 5.74) is 2.32. The quantitative estimate of drug-likeness (QED) is 0.0353. The van der Waals surface area contributed by atoms with Gasteiger partial charge in [0.15, 0.2) is 0 Å². The van der Waals surface area contributed by atoms with Crippen LogP contribution in [0.15, 0.2) is 20.4 Å². The Morgan fingerprint density at radius 2 is 0.810 bits per heavy atom. The van der Waals surface area contributed by atoms with E-state index in [4.69, 9.17) is 14.2 Å². The molecule has 0 atom stereocenters. The van der Waals surface area contributed by atoms with Crippen molar-refractivity contribution in [3.63, 3.8) is 0 Å². The molecule has 0 aliphatic heterocycles. The Balaban J connectivity index is 4.99. The molecule has 0 rings (SSSR count). The molecule has 0 fully saturated rings. The number of carbonyl (C=O) groups is 3. The summed E-state index contributed by atoms with van der Waals surface area (Å²) in [6.45, 7) is 11.7. The average molecular weight is 593 g/mol. The number of hydrogen-bond acceptors (Lipinski definition) is 10. The second-order valence-electron chi connectivity index (χ2n) is 10.8. The third-order valence-corrected chi connectivity index (χ3v) is 6.21. The van der Waals surface area contributed by atoms with Crippen LogP contribution >= 0.6 is 0 Å². The first-order chi connectivity index (χ1) is 20.2. The van der Waals surface area contributed by atoms with Crippen LogP contribution in [0.5, 0.6) is 0 Å².